The molecule has 102 valence electrons. The minimum absolute atomic E-state index is 0.911. The van der Waals surface area contributed by atoms with Crippen LogP contribution in [0.1, 0.15) is 43.5 Å². The van der Waals surface area contributed by atoms with Crippen molar-refractivity contribution in [3.8, 4) is 11.4 Å². The van der Waals surface area contributed by atoms with Crippen molar-refractivity contribution in [1.29, 1.82) is 0 Å². The van der Waals surface area contributed by atoms with Gasteiger partial charge >= 0.3 is 0 Å². The molecule has 2 aromatic heterocycles. The molecule has 0 radical (unpaired) electrons. The van der Waals surface area contributed by atoms with Crippen molar-refractivity contribution >= 4 is 6.21 Å². The molecule has 0 unspecified atom stereocenters. The Morgan fingerprint density at radius 2 is 2.16 bits per heavy atom. The zero-order valence-electron chi connectivity index (χ0n) is 12.1. The first-order valence-corrected chi connectivity index (χ1v) is 7.12. The van der Waals surface area contributed by atoms with Gasteiger partial charge in [-0.3, -0.25) is 4.99 Å². The predicted molar refractivity (Wildman–Crippen MR) is 82.1 cm³/mol. The van der Waals surface area contributed by atoms with Gasteiger partial charge in [0, 0.05) is 19.0 Å². The third-order valence-corrected chi connectivity index (χ3v) is 3.50. The standard InChI is InChI=1S/C16H23N3/c1-4-6-9-17-11-15-12(3)13(5-2)16(19-15)14-8-7-10-18-14/h7-8,10-11,18-19H,4-6,9H2,1-3H3. The van der Waals surface area contributed by atoms with Gasteiger partial charge in [-0.25, -0.2) is 0 Å². The maximum Gasteiger partial charge on any atom is 0.0659 e. The van der Waals surface area contributed by atoms with Crippen LogP contribution in [0.4, 0.5) is 0 Å². The summed E-state index contributed by atoms with van der Waals surface area (Å²) < 4.78 is 0. The van der Waals surface area contributed by atoms with Crippen molar-refractivity contribution in [2.75, 3.05) is 6.54 Å². The summed E-state index contributed by atoms with van der Waals surface area (Å²) in [6, 6.07) is 4.13. The fraction of sp³-hybridized carbons (Fsp3) is 0.438. The number of hydrogen-bond acceptors (Lipinski definition) is 1. The van der Waals surface area contributed by atoms with Gasteiger partial charge in [0.25, 0.3) is 0 Å². The Morgan fingerprint density at radius 1 is 1.32 bits per heavy atom. The van der Waals surface area contributed by atoms with Crippen LogP contribution in [0, 0.1) is 6.92 Å². The molecule has 2 rings (SSSR count). The third kappa shape index (κ3) is 2.98. The van der Waals surface area contributed by atoms with Gasteiger partial charge in [-0.2, -0.15) is 0 Å². The second-order valence-electron chi connectivity index (χ2n) is 4.84. The smallest absolute Gasteiger partial charge is 0.0659 e. The first-order valence-electron chi connectivity index (χ1n) is 7.12. The molecule has 0 aliphatic heterocycles. The Bertz CT molecular complexity index is 533. The van der Waals surface area contributed by atoms with E-state index in [2.05, 4.69) is 41.8 Å². The van der Waals surface area contributed by atoms with Crippen LogP contribution in [0.15, 0.2) is 23.3 Å². The minimum atomic E-state index is 0.911. The van der Waals surface area contributed by atoms with Gasteiger partial charge in [-0.05, 0) is 43.0 Å². The van der Waals surface area contributed by atoms with Crippen molar-refractivity contribution in [1.82, 2.24) is 9.97 Å². The molecule has 19 heavy (non-hydrogen) atoms. The molecule has 0 aromatic carbocycles. The van der Waals surface area contributed by atoms with Crippen molar-refractivity contribution < 1.29 is 0 Å². The number of aromatic amines is 2. The van der Waals surface area contributed by atoms with Crippen molar-refractivity contribution in [2.24, 2.45) is 4.99 Å². The number of aromatic nitrogens is 2. The van der Waals surface area contributed by atoms with Gasteiger partial charge in [0.05, 0.1) is 17.1 Å². The van der Waals surface area contributed by atoms with Crippen molar-refractivity contribution in [3.63, 3.8) is 0 Å². The fourth-order valence-electron chi connectivity index (χ4n) is 2.35. The Kier molecular flexibility index (Phi) is 4.61. The number of H-pyrrole nitrogens is 2. The SMILES string of the molecule is CCCCN=Cc1[nH]c(-c2ccc[nH]2)c(CC)c1C. The highest BCUT2D eigenvalue weighted by molar-refractivity contribution is 5.83. The van der Waals surface area contributed by atoms with Gasteiger partial charge in [0.15, 0.2) is 0 Å². The quantitative estimate of drug-likeness (QED) is 0.578. The summed E-state index contributed by atoms with van der Waals surface area (Å²) in [4.78, 5) is 11.3. The summed E-state index contributed by atoms with van der Waals surface area (Å²) in [6.07, 6.45) is 7.31. The van der Waals surface area contributed by atoms with E-state index in [1.807, 2.05) is 18.5 Å². The van der Waals surface area contributed by atoms with E-state index in [-0.39, 0.29) is 0 Å². The molecule has 3 heteroatoms. The molecule has 0 aliphatic carbocycles. The van der Waals surface area contributed by atoms with E-state index in [0.29, 0.717) is 0 Å². The van der Waals surface area contributed by atoms with E-state index in [4.69, 9.17) is 0 Å². The lowest BCUT2D eigenvalue weighted by Gasteiger charge is -1.99. The van der Waals surface area contributed by atoms with E-state index in [0.717, 1.165) is 30.8 Å². The average molecular weight is 257 g/mol. The number of hydrogen-bond donors (Lipinski definition) is 2. The molecule has 0 bridgehead atoms. The summed E-state index contributed by atoms with van der Waals surface area (Å²) in [7, 11) is 0. The van der Waals surface area contributed by atoms with E-state index in [1.165, 1.54) is 23.2 Å². The minimum Gasteiger partial charge on any atom is -0.360 e. The Hall–Kier alpha value is -1.77. The second-order valence-corrected chi connectivity index (χ2v) is 4.84. The topological polar surface area (TPSA) is 43.9 Å². The van der Waals surface area contributed by atoms with Crippen LogP contribution in [0.3, 0.4) is 0 Å². The van der Waals surface area contributed by atoms with Crippen LogP contribution in [-0.4, -0.2) is 22.7 Å². The molecule has 2 aromatic rings. The summed E-state index contributed by atoms with van der Waals surface area (Å²) in [5.41, 5.74) is 6.17. The van der Waals surface area contributed by atoms with Crippen molar-refractivity contribution in [2.45, 2.75) is 40.0 Å². The van der Waals surface area contributed by atoms with Crippen LogP contribution in [0.25, 0.3) is 11.4 Å². The first-order chi connectivity index (χ1) is 9.27. The van der Waals surface area contributed by atoms with E-state index >= 15 is 0 Å². The highest BCUT2D eigenvalue weighted by atomic mass is 14.8. The zero-order valence-corrected chi connectivity index (χ0v) is 12.1. The van der Waals surface area contributed by atoms with Gasteiger partial charge < -0.3 is 9.97 Å². The average Bonchev–Trinajstić information content (AvgIpc) is 3.03. The lowest BCUT2D eigenvalue weighted by atomic mass is 10.1. The maximum atomic E-state index is 4.50. The van der Waals surface area contributed by atoms with Gasteiger partial charge in [0.2, 0.25) is 0 Å². The fourth-order valence-corrected chi connectivity index (χ4v) is 2.35. The third-order valence-electron chi connectivity index (χ3n) is 3.50. The van der Waals surface area contributed by atoms with Gasteiger partial charge in [-0.1, -0.05) is 20.3 Å². The molecular weight excluding hydrogens is 234 g/mol. The monoisotopic (exact) mass is 257 g/mol. The van der Waals surface area contributed by atoms with E-state index < -0.39 is 0 Å². The predicted octanol–water partition coefficient (Wildman–Crippen LogP) is 4.10. The number of nitrogens with one attached hydrogen (secondary N) is 2. The second kappa shape index (κ2) is 6.41. The first kappa shape index (κ1) is 13.7. The van der Waals surface area contributed by atoms with E-state index in [9.17, 15) is 0 Å². The molecular formula is C16H23N3. The van der Waals surface area contributed by atoms with Gasteiger partial charge in [-0.15, -0.1) is 0 Å². The zero-order chi connectivity index (χ0) is 13.7. The maximum absolute atomic E-state index is 4.50. The number of aliphatic imine (C=N–C) groups is 1. The molecule has 2 heterocycles. The highest BCUT2D eigenvalue weighted by Gasteiger charge is 2.13. The van der Waals surface area contributed by atoms with E-state index in [1.54, 1.807) is 0 Å². The largest absolute Gasteiger partial charge is 0.360 e. The summed E-state index contributed by atoms with van der Waals surface area (Å²) in [5.74, 6) is 0. The molecule has 0 spiro atoms. The molecule has 3 nitrogen and oxygen atoms in total. The molecule has 0 fully saturated rings. The summed E-state index contributed by atoms with van der Waals surface area (Å²) in [6.45, 7) is 7.46. The summed E-state index contributed by atoms with van der Waals surface area (Å²) >= 11 is 0. The summed E-state index contributed by atoms with van der Waals surface area (Å²) in [5, 5.41) is 0. The number of nitrogens with zero attached hydrogens (tertiary/aromatic N) is 1. The van der Waals surface area contributed by atoms with Crippen LogP contribution >= 0.6 is 0 Å². The lowest BCUT2D eigenvalue weighted by molar-refractivity contribution is 0.810. The van der Waals surface area contributed by atoms with Crippen LogP contribution in [-0.2, 0) is 6.42 Å². The van der Waals surface area contributed by atoms with Crippen LogP contribution in [0.5, 0.6) is 0 Å². The number of unbranched alkanes of at least 4 members (excludes halogenated alkanes) is 1. The Labute approximate surface area is 115 Å². The van der Waals surface area contributed by atoms with Crippen molar-refractivity contribution in [3.05, 3.63) is 35.2 Å². The molecule has 2 N–H and O–H groups in total. The molecule has 0 atom stereocenters. The molecule has 0 aliphatic rings. The Balaban J connectivity index is 2.29. The number of rotatable bonds is 6. The molecule has 0 saturated carbocycles. The van der Waals surface area contributed by atoms with Crippen LogP contribution in [0.2, 0.25) is 0 Å². The van der Waals surface area contributed by atoms with Gasteiger partial charge in [0.1, 0.15) is 0 Å². The molecule has 0 saturated heterocycles. The lowest BCUT2D eigenvalue weighted by Crippen LogP contribution is -1.88. The highest BCUT2D eigenvalue weighted by Crippen LogP contribution is 2.26. The Morgan fingerprint density at radius 3 is 2.79 bits per heavy atom. The van der Waals surface area contributed by atoms with Crippen LogP contribution < -0.4 is 0 Å². The normalized spacial score (nSPS) is 11.5. The molecule has 0 amide bonds.